The van der Waals surface area contributed by atoms with Crippen LogP contribution in [0.1, 0.15) is 24.5 Å². The van der Waals surface area contributed by atoms with Crippen molar-refractivity contribution >= 4 is 55.5 Å². The van der Waals surface area contributed by atoms with Crippen molar-refractivity contribution < 1.29 is 18.1 Å². The number of thioether (sulfide) groups is 1. The van der Waals surface area contributed by atoms with Gasteiger partial charge >= 0.3 is 0 Å². The minimum Gasteiger partial charge on any atom is -0.299 e. The maximum absolute atomic E-state index is 13.1. The Balaban J connectivity index is 1.81. The SMILES string of the molecule is CCC(C(=O)Nc1nnc(SCc2ccccc2)s1)N(c1cc([N+](=O)[O-])ccc1C)S(C)(=O)=O. The van der Waals surface area contributed by atoms with Crippen LogP contribution in [-0.4, -0.2) is 41.7 Å². The molecule has 1 atom stereocenters. The Hall–Kier alpha value is -3.03. The van der Waals surface area contributed by atoms with E-state index in [0.29, 0.717) is 15.7 Å². The molecule has 1 N–H and O–H groups in total. The average molecular weight is 522 g/mol. The third kappa shape index (κ3) is 6.30. The summed E-state index contributed by atoms with van der Waals surface area (Å²) in [5, 5.41) is 22.2. The van der Waals surface area contributed by atoms with Gasteiger partial charge in [-0.2, -0.15) is 0 Å². The van der Waals surface area contributed by atoms with E-state index in [1.54, 1.807) is 13.8 Å². The number of aryl methyl sites for hydroxylation is 1. The van der Waals surface area contributed by atoms with Crippen LogP contribution in [-0.2, 0) is 20.6 Å². The highest BCUT2D eigenvalue weighted by atomic mass is 32.2. The van der Waals surface area contributed by atoms with Crippen LogP contribution < -0.4 is 9.62 Å². The molecule has 0 aliphatic carbocycles. The van der Waals surface area contributed by atoms with Crippen LogP contribution in [0.5, 0.6) is 0 Å². The Morgan fingerprint density at radius 2 is 1.94 bits per heavy atom. The van der Waals surface area contributed by atoms with Crippen LogP contribution in [0.15, 0.2) is 52.9 Å². The van der Waals surface area contributed by atoms with Gasteiger partial charge in [0.1, 0.15) is 6.04 Å². The molecule has 0 radical (unpaired) electrons. The van der Waals surface area contributed by atoms with Gasteiger partial charge in [0.25, 0.3) is 5.69 Å². The highest BCUT2D eigenvalue weighted by Gasteiger charge is 2.33. The van der Waals surface area contributed by atoms with Crippen molar-refractivity contribution in [3.63, 3.8) is 0 Å². The Labute approximate surface area is 205 Å². The molecule has 0 fully saturated rings. The summed E-state index contributed by atoms with van der Waals surface area (Å²) in [6.45, 7) is 3.29. The smallest absolute Gasteiger partial charge is 0.271 e. The quantitative estimate of drug-likeness (QED) is 0.181. The number of nitrogens with zero attached hydrogens (tertiary/aromatic N) is 4. The zero-order valence-electron chi connectivity index (χ0n) is 18.7. The molecule has 2 aromatic carbocycles. The lowest BCUT2D eigenvalue weighted by Gasteiger charge is -2.30. The van der Waals surface area contributed by atoms with E-state index in [1.807, 2.05) is 30.3 Å². The van der Waals surface area contributed by atoms with Gasteiger partial charge in [0.2, 0.25) is 21.1 Å². The lowest BCUT2D eigenvalue weighted by atomic mass is 10.1. The molecule has 10 nitrogen and oxygen atoms in total. The summed E-state index contributed by atoms with van der Waals surface area (Å²) >= 11 is 2.66. The van der Waals surface area contributed by atoms with E-state index < -0.39 is 26.9 Å². The highest BCUT2D eigenvalue weighted by molar-refractivity contribution is 8.00. The molecule has 3 rings (SSSR count). The van der Waals surface area contributed by atoms with E-state index >= 15 is 0 Å². The summed E-state index contributed by atoms with van der Waals surface area (Å²) in [5.74, 6) is 0.0872. The number of non-ortho nitro benzene ring substituents is 1. The van der Waals surface area contributed by atoms with Crippen molar-refractivity contribution in [2.24, 2.45) is 0 Å². The number of nitrogens with one attached hydrogen (secondary N) is 1. The Morgan fingerprint density at radius 3 is 2.56 bits per heavy atom. The summed E-state index contributed by atoms with van der Waals surface area (Å²) in [5.41, 5.74) is 1.41. The van der Waals surface area contributed by atoms with Gasteiger partial charge in [0, 0.05) is 17.9 Å². The van der Waals surface area contributed by atoms with Crippen molar-refractivity contribution in [3.05, 3.63) is 69.8 Å². The monoisotopic (exact) mass is 521 g/mol. The zero-order valence-corrected chi connectivity index (χ0v) is 21.1. The number of aromatic nitrogens is 2. The Kier molecular flexibility index (Phi) is 8.23. The minimum absolute atomic E-state index is 0.0788. The van der Waals surface area contributed by atoms with E-state index in [-0.39, 0.29) is 22.9 Å². The predicted octanol–water partition coefficient (Wildman–Crippen LogP) is 4.23. The van der Waals surface area contributed by atoms with Crippen molar-refractivity contribution in [2.45, 2.75) is 36.4 Å². The summed E-state index contributed by atoms with van der Waals surface area (Å²) < 4.78 is 27.0. The van der Waals surface area contributed by atoms with Gasteiger partial charge in [-0.3, -0.25) is 24.5 Å². The molecular formula is C21H23N5O5S3. The number of carbonyl (C=O) groups excluding carboxylic acids is 1. The van der Waals surface area contributed by atoms with Crippen LogP contribution in [0.25, 0.3) is 0 Å². The Bertz CT molecular complexity index is 1280. The molecule has 0 aliphatic heterocycles. The van der Waals surface area contributed by atoms with E-state index in [2.05, 4.69) is 15.5 Å². The molecule has 3 aromatic rings. The molecule has 34 heavy (non-hydrogen) atoms. The zero-order chi connectivity index (χ0) is 24.9. The number of hydrogen-bond acceptors (Lipinski definition) is 9. The van der Waals surface area contributed by atoms with Crippen molar-refractivity contribution in [1.29, 1.82) is 0 Å². The van der Waals surface area contributed by atoms with E-state index in [1.165, 1.54) is 35.2 Å². The topological polar surface area (TPSA) is 135 Å². The molecule has 13 heteroatoms. The second kappa shape index (κ2) is 10.9. The average Bonchev–Trinajstić information content (AvgIpc) is 3.23. The standard InChI is InChI=1S/C21H23N5O5S3/c1-4-17(25(34(3,30)31)18-12-16(26(28)29)11-10-14(18)2)19(27)22-20-23-24-21(33-20)32-13-15-8-6-5-7-9-15/h5-12,17H,4,13H2,1-3H3,(H,22,23,27). The van der Waals surface area contributed by atoms with E-state index in [0.717, 1.165) is 22.2 Å². The molecular weight excluding hydrogens is 498 g/mol. The van der Waals surface area contributed by atoms with Gasteiger partial charge in [-0.25, -0.2) is 8.42 Å². The molecule has 1 unspecified atom stereocenters. The Morgan fingerprint density at radius 1 is 1.24 bits per heavy atom. The van der Waals surface area contributed by atoms with Gasteiger partial charge in [0.15, 0.2) is 4.34 Å². The maximum Gasteiger partial charge on any atom is 0.271 e. The minimum atomic E-state index is -3.95. The molecule has 1 aromatic heterocycles. The van der Waals surface area contributed by atoms with Crippen LogP contribution in [0.2, 0.25) is 0 Å². The first-order valence-electron chi connectivity index (χ1n) is 10.2. The third-order valence-corrected chi connectivity index (χ3v) is 8.02. The van der Waals surface area contributed by atoms with E-state index in [4.69, 9.17) is 0 Å². The molecule has 0 spiro atoms. The van der Waals surface area contributed by atoms with Crippen LogP contribution in [0.3, 0.4) is 0 Å². The normalized spacial score (nSPS) is 12.2. The number of carbonyl (C=O) groups is 1. The second-order valence-corrected chi connectivity index (χ2v) is 11.4. The number of rotatable bonds is 10. The highest BCUT2D eigenvalue weighted by Crippen LogP contribution is 2.32. The van der Waals surface area contributed by atoms with E-state index in [9.17, 15) is 23.3 Å². The number of nitro groups is 1. The fourth-order valence-corrected chi connectivity index (χ4v) is 6.18. The van der Waals surface area contributed by atoms with Gasteiger partial charge in [-0.05, 0) is 24.5 Å². The maximum atomic E-state index is 13.1. The van der Waals surface area contributed by atoms with Crippen molar-refractivity contribution in [3.8, 4) is 0 Å². The predicted molar refractivity (Wildman–Crippen MR) is 134 cm³/mol. The number of sulfonamides is 1. The van der Waals surface area contributed by atoms with Gasteiger partial charge in [-0.15, -0.1) is 10.2 Å². The second-order valence-electron chi connectivity index (χ2n) is 7.35. The van der Waals surface area contributed by atoms with Crippen molar-refractivity contribution in [2.75, 3.05) is 15.9 Å². The molecule has 0 aliphatic rings. The molecule has 180 valence electrons. The van der Waals surface area contributed by atoms with Gasteiger partial charge in [-0.1, -0.05) is 66.4 Å². The molecule has 0 saturated heterocycles. The molecule has 0 saturated carbocycles. The van der Waals surface area contributed by atoms with Crippen LogP contribution >= 0.6 is 23.1 Å². The summed E-state index contributed by atoms with van der Waals surface area (Å²) in [6.07, 6.45) is 1.10. The molecule has 0 bridgehead atoms. The van der Waals surface area contributed by atoms with Crippen molar-refractivity contribution in [1.82, 2.24) is 10.2 Å². The number of anilines is 2. The summed E-state index contributed by atoms with van der Waals surface area (Å²) in [7, 11) is -3.95. The number of benzene rings is 2. The molecule has 1 heterocycles. The fraction of sp³-hybridized carbons (Fsp3) is 0.286. The third-order valence-electron chi connectivity index (χ3n) is 4.81. The lowest BCUT2D eigenvalue weighted by molar-refractivity contribution is -0.384. The number of amides is 1. The van der Waals surface area contributed by atoms with Crippen LogP contribution in [0, 0.1) is 17.0 Å². The largest absolute Gasteiger partial charge is 0.299 e. The first-order valence-corrected chi connectivity index (χ1v) is 13.8. The van der Waals surface area contributed by atoms with Crippen LogP contribution in [0.4, 0.5) is 16.5 Å². The van der Waals surface area contributed by atoms with Gasteiger partial charge < -0.3 is 0 Å². The first kappa shape index (κ1) is 25.6. The fourth-order valence-electron chi connectivity index (χ4n) is 3.21. The van der Waals surface area contributed by atoms with Gasteiger partial charge in [0.05, 0.1) is 16.9 Å². The summed E-state index contributed by atoms with van der Waals surface area (Å²) in [6, 6.07) is 12.6. The first-order chi connectivity index (χ1) is 16.1. The molecule has 1 amide bonds. The lowest BCUT2D eigenvalue weighted by Crippen LogP contribution is -2.47. The number of hydrogen-bond donors (Lipinski definition) is 1. The summed E-state index contributed by atoms with van der Waals surface area (Å²) in [4.78, 5) is 23.7. The number of nitro benzene ring substituents is 1.